The van der Waals surface area contributed by atoms with Crippen molar-refractivity contribution in [1.82, 2.24) is 9.80 Å². The van der Waals surface area contributed by atoms with E-state index in [4.69, 9.17) is 9.47 Å². The van der Waals surface area contributed by atoms with E-state index in [0.29, 0.717) is 11.8 Å². The molecule has 2 saturated heterocycles. The minimum atomic E-state index is -0.313. The van der Waals surface area contributed by atoms with Crippen molar-refractivity contribution in [1.29, 1.82) is 0 Å². The van der Waals surface area contributed by atoms with Crippen molar-refractivity contribution >= 4 is 5.91 Å². The van der Waals surface area contributed by atoms with E-state index in [1.165, 1.54) is 24.3 Å². The lowest BCUT2D eigenvalue weighted by atomic mass is 10.0. The molecule has 2 heterocycles. The minimum Gasteiger partial charge on any atom is -0.484 e. The summed E-state index contributed by atoms with van der Waals surface area (Å²) in [5.74, 6) is 0.184. The zero-order valence-electron chi connectivity index (χ0n) is 14.1. The maximum Gasteiger partial charge on any atom is 0.260 e. The van der Waals surface area contributed by atoms with Crippen LogP contribution in [0.5, 0.6) is 5.75 Å². The van der Waals surface area contributed by atoms with Crippen LogP contribution in [0.2, 0.25) is 0 Å². The molecule has 2 aliphatic heterocycles. The van der Waals surface area contributed by atoms with E-state index in [-0.39, 0.29) is 24.4 Å². The molecule has 5 nitrogen and oxygen atoms in total. The first-order valence-corrected chi connectivity index (χ1v) is 8.63. The van der Waals surface area contributed by atoms with Gasteiger partial charge in [-0.2, -0.15) is 0 Å². The number of piperazine rings is 1. The van der Waals surface area contributed by atoms with Crippen molar-refractivity contribution in [2.24, 2.45) is 0 Å². The molecule has 1 aromatic rings. The Morgan fingerprint density at radius 1 is 1.25 bits per heavy atom. The molecule has 24 heavy (non-hydrogen) atoms. The van der Waals surface area contributed by atoms with Gasteiger partial charge in [0.15, 0.2) is 6.61 Å². The maximum atomic E-state index is 12.9. The topological polar surface area (TPSA) is 42.0 Å². The van der Waals surface area contributed by atoms with E-state index in [1.54, 1.807) is 0 Å². The Morgan fingerprint density at radius 3 is 2.62 bits per heavy atom. The lowest BCUT2D eigenvalue weighted by Crippen LogP contribution is -2.57. The summed E-state index contributed by atoms with van der Waals surface area (Å²) in [7, 11) is 0. The normalized spacial score (nSPS) is 23.2. The fourth-order valence-electron chi connectivity index (χ4n) is 3.50. The van der Waals surface area contributed by atoms with Crippen molar-refractivity contribution in [2.75, 3.05) is 39.5 Å². The summed E-state index contributed by atoms with van der Waals surface area (Å²) in [6, 6.07) is 6.48. The van der Waals surface area contributed by atoms with E-state index >= 15 is 0 Å². The van der Waals surface area contributed by atoms with Gasteiger partial charge in [-0.15, -0.1) is 0 Å². The summed E-state index contributed by atoms with van der Waals surface area (Å²) in [6.45, 7) is 6.27. The van der Waals surface area contributed by atoms with Gasteiger partial charge >= 0.3 is 0 Å². The van der Waals surface area contributed by atoms with Crippen molar-refractivity contribution in [3.05, 3.63) is 30.1 Å². The lowest BCUT2D eigenvalue weighted by Gasteiger charge is -2.44. The average Bonchev–Trinajstić information content (AvgIpc) is 2.61. The van der Waals surface area contributed by atoms with E-state index in [1.807, 2.05) is 4.90 Å². The van der Waals surface area contributed by atoms with Crippen molar-refractivity contribution < 1.29 is 18.7 Å². The van der Waals surface area contributed by atoms with Crippen LogP contribution in [-0.2, 0) is 9.53 Å². The van der Waals surface area contributed by atoms with Crippen molar-refractivity contribution in [3.8, 4) is 5.75 Å². The Labute approximate surface area is 142 Å². The predicted octanol–water partition coefficient (Wildman–Crippen LogP) is 1.92. The number of nitrogens with zero attached hydrogens (tertiary/aromatic N) is 2. The lowest BCUT2D eigenvalue weighted by molar-refractivity contribution is -0.138. The standard InChI is InChI=1S/C18H25FN2O3/c1-14-12-20(16-6-10-23-11-7-16)8-9-21(14)18(22)13-24-17-4-2-15(19)3-5-17/h2-5,14,16H,6-13H2,1H3/t14-/m0/s1. The summed E-state index contributed by atoms with van der Waals surface area (Å²) in [5, 5.41) is 0. The molecule has 0 spiro atoms. The maximum absolute atomic E-state index is 12.9. The number of halogens is 1. The third kappa shape index (κ3) is 4.24. The van der Waals surface area contributed by atoms with Gasteiger partial charge in [-0.05, 0) is 44.0 Å². The first-order valence-electron chi connectivity index (χ1n) is 8.63. The van der Waals surface area contributed by atoms with E-state index in [0.717, 1.165) is 45.7 Å². The fourth-order valence-corrected chi connectivity index (χ4v) is 3.50. The SMILES string of the molecule is C[C@H]1CN(C2CCOCC2)CCN1C(=O)COc1ccc(F)cc1. The molecule has 2 fully saturated rings. The van der Waals surface area contributed by atoms with E-state index < -0.39 is 0 Å². The van der Waals surface area contributed by atoms with Gasteiger partial charge in [-0.3, -0.25) is 9.69 Å². The number of hydrogen-bond donors (Lipinski definition) is 0. The van der Waals surface area contributed by atoms with Crippen LogP contribution in [0.4, 0.5) is 4.39 Å². The molecule has 0 aliphatic carbocycles. The first-order chi connectivity index (χ1) is 11.6. The van der Waals surface area contributed by atoms with Gasteiger partial charge in [-0.25, -0.2) is 4.39 Å². The molecule has 0 bridgehead atoms. The molecule has 3 rings (SSSR count). The number of rotatable bonds is 4. The van der Waals surface area contributed by atoms with Gasteiger partial charge in [0.2, 0.25) is 0 Å². The van der Waals surface area contributed by atoms with Crippen LogP contribution in [-0.4, -0.2) is 67.2 Å². The molecule has 0 aromatic heterocycles. The quantitative estimate of drug-likeness (QED) is 0.842. The molecule has 0 N–H and O–H groups in total. The van der Waals surface area contributed by atoms with Crippen molar-refractivity contribution in [2.45, 2.75) is 31.8 Å². The highest BCUT2D eigenvalue weighted by Gasteiger charge is 2.31. The van der Waals surface area contributed by atoms with Gasteiger partial charge in [-0.1, -0.05) is 0 Å². The van der Waals surface area contributed by atoms with Crippen LogP contribution in [0, 0.1) is 5.82 Å². The molecule has 1 atom stereocenters. The number of amides is 1. The van der Waals surface area contributed by atoms with Crippen LogP contribution >= 0.6 is 0 Å². The van der Waals surface area contributed by atoms with Crippen LogP contribution in [0.15, 0.2) is 24.3 Å². The summed E-state index contributed by atoms with van der Waals surface area (Å²) >= 11 is 0. The number of hydrogen-bond acceptors (Lipinski definition) is 4. The molecular formula is C18H25FN2O3. The smallest absolute Gasteiger partial charge is 0.260 e. The Hall–Kier alpha value is -1.66. The highest BCUT2D eigenvalue weighted by atomic mass is 19.1. The molecular weight excluding hydrogens is 311 g/mol. The minimum absolute atomic E-state index is 0.00671. The summed E-state index contributed by atoms with van der Waals surface area (Å²) in [5.41, 5.74) is 0. The summed E-state index contributed by atoms with van der Waals surface area (Å²) in [4.78, 5) is 16.8. The first kappa shape index (κ1) is 17.2. The zero-order valence-corrected chi connectivity index (χ0v) is 14.1. The second-order valence-corrected chi connectivity index (χ2v) is 6.52. The number of carbonyl (C=O) groups excluding carboxylic acids is 1. The zero-order chi connectivity index (χ0) is 16.9. The Morgan fingerprint density at radius 2 is 1.96 bits per heavy atom. The Kier molecular flexibility index (Phi) is 5.68. The highest BCUT2D eigenvalue weighted by Crippen LogP contribution is 2.19. The number of ether oxygens (including phenoxy) is 2. The van der Waals surface area contributed by atoms with E-state index in [2.05, 4.69) is 11.8 Å². The second kappa shape index (κ2) is 7.94. The number of carbonyl (C=O) groups is 1. The monoisotopic (exact) mass is 336 g/mol. The van der Waals surface area contributed by atoms with Gasteiger partial charge in [0.05, 0.1) is 0 Å². The molecule has 0 saturated carbocycles. The highest BCUT2D eigenvalue weighted by molar-refractivity contribution is 5.78. The van der Waals surface area contributed by atoms with Gasteiger partial charge in [0.1, 0.15) is 11.6 Å². The molecule has 1 aromatic carbocycles. The third-order valence-electron chi connectivity index (χ3n) is 4.86. The predicted molar refractivity (Wildman–Crippen MR) is 88.5 cm³/mol. The summed E-state index contributed by atoms with van der Waals surface area (Å²) < 4.78 is 23.8. The summed E-state index contributed by atoms with van der Waals surface area (Å²) in [6.07, 6.45) is 2.16. The fraction of sp³-hybridized carbons (Fsp3) is 0.611. The van der Waals surface area contributed by atoms with Gasteiger partial charge < -0.3 is 14.4 Å². The molecule has 2 aliphatic rings. The third-order valence-corrected chi connectivity index (χ3v) is 4.86. The Balaban J connectivity index is 1.48. The average molecular weight is 336 g/mol. The van der Waals surface area contributed by atoms with Crippen LogP contribution in [0.25, 0.3) is 0 Å². The van der Waals surface area contributed by atoms with Crippen LogP contribution in [0.1, 0.15) is 19.8 Å². The largest absolute Gasteiger partial charge is 0.484 e. The molecule has 6 heteroatoms. The molecule has 1 amide bonds. The van der Waals surface area contributed by atoms with Gasteiger partial charge in [0.25, 0.3) is 5.91 Å². The van der Waals surface area contributed by atoms with Crippen molar-refractivity contribution in [3.63, 3.8) is 0 Å². The number of benzene rings is 1. The van der Waals surface area contributed by atoms with E-state index in [9.17, 15) is 9.18 Å². The second-order valence-electron chi connectivity index (χ2n) is 6.52. The Bertz CT molecular complexity index is 546. The van der Waals surface area contributed by atoms with Gasteiger partial charge in [0, 0.05) is 44.9 Å². The molecule has 132 valence electrons. The van der Waals surface area contributed by atoms with Crippen LogP contribution in [0.3, 0.4) is 0 Å². The van der Waals surface area contributed by atoms with Crippen LogP contribution < -0.4 is 4.74 Å². The molecule has 0 radical (unpaired) electrons. The molecule has 0 unspecified atom stereocenters.